The summed E-state index contributed by atoms with van der Waals surface area (Å²) in [5, 5.41) is 0. The molecule has 0 amide bonds. The Labute approximate surface area is 95.4 Å². The molecule has 1 fully saturated rings. The molecule has 1 unspecified atom stereocenters. The van der Waals surface area contributed by atoms with Crippen molar-refractivity contribution in [2.24, 2.45) is 5.92 Å². The van der Waals surface area contributed by atoms with E-state index in [9.17, 15) is 4.79 Å². The number of ether oxygens (including phenoxy) is 1. The van der Waals surface area contributed by atoms with Crippen molar-refractivity contribution in [1.82, 2.24) is 0 Å². The quantitative estimate of drug-likeness (QED) is 0.775. The van der Waals surface area contributed by atoms with Gasteiger partial charge in [0.1, 0.15) is 0 Å². The molecule has 2 heterocycles. The molecule has 1 aromatic heterocycles. The van der Waals surface area contributed by atoms with Gasteiger partial charge < -0.3 is 4.74 Å². The third-order valence-corrected chi connectivity index (χ3v) is 4.29. The first kappa shape index (κ1) is 10.3. The number of rotatable bonds is 2. The molecular weight excluding hydrogens is 264 g/mol. The van der Waals surface area contributed by atoms with E-state index in [0.29, 0.717) is 6.61 Å². The number of aryl methyl sites for hydroxylation is 1. The van der Waals surface area contributed by atoms with Crippen molar-refractivity contribution in [2.75, 3.05) is 13.2 Å². The fourth-order valence-electron chi connectivity index (χ4n) is 1.58. The van der Waals surface area contributed by atoms with E-state index in [0.717, 1.165) is 22.4 Å². The summed E-state index contributed by atoms with van der Waals surface area (Å²) >= 11 is 4.97. The molecule has 4 heteroatoms. The van der Waals surface area contributed by atoms with Gasteiger partial charge >= 0.3 is 0 Å². The van der Waals surface area contributed by atoms with Gasteiger partial charge in [-0.15, -0.1) is 11.3 Å². The van der Waals surface area contributed by atoms with Crippen molar-refractivity contribution in [3.8, 4) is 0 Å². The first-order chi connectivity index (χ1) is 6.68. The highest BCUT2D eigenvalue weighted by atomic mass is 79.9. The van der Waals surface area contributed by atoms with Crippen LogP contribution in [0.25, 0.3) is 0 Å². The van der Waals surface area contributed by atoms with Gasteiger partial charge in [0.05, 0.1) is 11.5 Å². The molecule has 1 saturated heterocycles. The summed E-state index contributed by atoms with van der Waals surface area (Å²) in [5.74, 6) is 0.303. The molecule has 0 bridgehead atoms. The van der Waals surface area contributed by atoms with Gasteiger partial charge in [-0.05, 0) is 35.3 Å². The fraction of sp³-hybridized carbons (Fsp3) is 0.500. The van der Waals surface area contributed by atoms with E-state index in [2.05, 4.69) is 15.9 Å². The van der Waals surface area contributed by atoms with Crippen LogP contribution >= 0.6 is 27.3 Å². The fourth-order valence-corrected chi connectivity index (χ4v) is 3.43. The van der Waals surface area contributed by atoms with E-state index < -0.39 is 0 Å². The molecular formula is C10H11BrO2S. The molecule has 0 aromatic carbocycles. The van der Waals surface area contributed by atoms with Crippen LogP contribution in [0.2, 0.25) is 0 Å². The van der Waals surface area contributed by atoms with Crippen LogP contribution < -0.4 is 0 Å². The van der Waals surface area contributed by atoms with Gasteiger partial charge in [-0.1, -0.05) is 0 Å². The predicted octanol–water partition coefficient (Wildman–Crippen LogP) is 3.04. The van der Waals surface area contributed by atoms with Crippen molar-refractivity contribution in [2.45, 2.75) is 13.3 Å². The Morgan fingerprint density at radius 2 is 2.50 bits per heavy atom. The molecule has 1 aliphatic heterocycles. The highest BCUT2D eigenvalue weighted by Crippen LogP contribution is 2.30. The lowest BCUT2D eigenvalue weighted by Gasteiger charge is -2.04. The Hall–Kier alpha value is -0.190. The summed E-state index contributed by atoms with van der Waals surface area (Å²) in [6.45, 7) is 3.32. The van der Waals surface area contributed by atoms with E-state index in [1.807, 2.05) is 13.0 Å². The zero-order valence-electron chi connectivity index (χ0n) is 7.88. The maximum atomic E-state index is 12.0. The second-order valence-corrected chi connectivity index (χ2v) is 5.57. The normalized spacial score (nSPS) is 21.4. The number of halogens is 1. The van der Waals surface area contributed by atoms with Crippen LogP contribution in [0.1, 0.15) is 21.0 Å². The van der Waals surface area contributed by atoms with Crippen molar-refractivity contribution in [1.29, 1.82) is 0 Å². The molecule has 0 aliphatic carbocycles. The first-order valence-electron chi connectivity index (χ1n) is 4.56. The minimum atomic E-state index is 0.0735. The molecule has 2 nitrogen and oxygen atoms in total. The lowest BCUT2D eigenvalue weighted by molar-refractivity contribution is 0.0904. The number of hydrogen-bond donors (Lipinski definition) is 0. The van der Waals surface area contributed by atoms with Crippen LogP contribution in [-0.2, 0) is 4.74 Å². The molecule has 1 aliphatic rings. The standard InChI is InChI=1S/C10H11BrO2S/c1-6-4-8(11)10(14-6)9(12)7-2-3-13-5-7/h4,7H,2-3,5H2,1H3. The number of ketones is 1. The summed E-state index contributed by atoms with van der Waals surface area (Å²) in [4.78, 5) is 14.0. The zero-order chi connectivity index (χ0) is 10.1. The summed E-state index contributed by atoms with van der Waals surface area (Å²) in [6.07, 6.45) is 0.863. The van der Waals surface area contributed by atoms with Gasteiger partial charge in [0.25, 0.3) is 0 Å². The van der Waals surface area contributed by atoms with Gasteiger partial charge in [-0.25, -0.2) is 0 Å². The average Bonchev–Trinajstić information content (AvgIpc) is 2.73. The summed E-state index contributed by atoms with van der Waals surface area (Å²) in [6, 6.07) is 1.99. The third kappa shape index (κ3) is 1.92. The highest BCUT2D eigenvalue weighted by molar-refractivity contribution is 9.10. The van der Waals surface area contributed by atoms with Crippen LogP contribution in [0.5, 0.6) is 0 Å². The Kier molecular flexibility index (Phi) is 3.04. The maximum Gasteiger partial charge on any atom is 0.179 e. The van der Waals surface area contributed by atoms with Gasteiger partial charge in [0.15, 0.2) is 5.78 Å². The van der Waals surface area contributed by atoms with Crippen LogP contribution in [0, 0.1) is 12.8 Å². The molecule has 1 atom stereocenters. The molecule has 2 rings (SSSR count). The number of hydrogen-bond acceptors (Lipinski definition) is 3. The minimum absolute atomic E-state index is 0.0735. The topological polar surface area (TPSA) is 26.3 Å². The van der Waals surface area contributed by atoms with Crippen LogP contribution in [0.4, 0.5) is 0 Å². The second kappa shape index (κ2) is 4.13. The summed E-state index contributed by atoms with van der Waals surface area (Å²) < 4.78 is 6.14. The zero-order valence-corrected chi connectivity index (χ0v) is 10.3. The largest absolute Gasteiger partial charge is 0.381 e. The van der Waals surface area contributed by atoms with Gasteiger partial charge in [0, 0.05) is 21.9 Å². The summed E-state index contributed by atoms with van der Waals surface area (Å²) in [5.41, 5.74) is 0. The van der Waals surface area contributed by atoms with Crippen molar-refractivity contribution in [3.63, 3.8) is 0 Å². The summed E-state index contributed by atoms with van der Waals surface area (Å²) in [7, 11) is 0. The Morgan fingerprint density at radius 3 is 3.00 bits per heavy atom. The average molecular weight is 275 g/mol. The van der Waals surface area contributed by atoms with E-state index in [1.165, 1.54) is 4.88 Å². The maximum absolute atomic E-state index is 12.0. The Morgan fingerprint density at radius 1 is 1.71 bits per heavy atom. The van der Waals surface area contributed by atoms with Crippen LogP contribution in [-0.4, -0.2) is 19.0 Å². The van der Waals surface area contributed by atoms with Crippen molar-refractivity contribution in [3.05, 3.63) is 20.3 Å². The SMILES string of the molecule is Cc1cc(Br)c(C(=O)C2CCOC2)s1. The first-order valence-corrected chi connectivity index (χ1v) is 6.17. The number of thiophene rings is 1. The van der Waals surface area contributed by atoms with E-state index in [4.69, 9.17) is 4.74 Å². The van der Waals surface area contributed by atoms with E-state index >= 15 is 0 Å². The van der Waals surface area contributed by atoms with E-state index in [-0.39, 0.29) is 11.7 Å². The molecule has 0 saturated carbocycles. The molecule has 0 N–H and O–H groups in total. The number of Topliss-reactive ketones (excluding diaryl/α,β-unsaturated/α-hetero) is 1. The monoisotopic (exact) mass is 274 g/mol. The van der Waals surface area contributed by atoms with Crippen LogP contribution in [0.3, 0.4) is 0 Å². The smallest absolute Gasteiger partial charge is 0.179 e. The number of carbonyl (C=O) groups is 1. The molecule has 1 aromatic rings. The van der Waals surface area contributed by atoms with Crippen molar-refractivity contribution >= 4 is 33.0 Å². The molecule has 76 valence electrons. The number of carbonyl (C=O) groups excluding carboxylic acids is 1. The van der Waals surface area contributed by atoms with Gasteiger partial charge in [0.2, 0.25) is 0 Å². The molecule has 0 radical (unpaired) electrons. The molecule has 14 heavy (non-hydrogen) atoms. The highest BCUT2D eigenvalue weighted by Gasteiger charge is 2.27. The lowest BCUT2D eigenvalue weighted by atomic mass is 10.0. The molecule has 0 spiro atoms. The minimum Gasteiger partial charge on any atom is -0.381 e. The third-order valence-electron chi connectivity index (χ3n) is 2.33. The predicted molar refractivity (Wildman–Crippen MR) is 60.0 cm³/mol. The van der Waals surface area contributed by atoms with Crippen molar-refractivity contribution < 1.29 is 9.53 Å². The van der Waals surface area contributed by atoms with E-state index in [1.54, 1.807) is 11.3 Å². The van der Waals surface area contributed by atoms with Gasteiger partial charge in [-0.2, -0.15) is 0 Å². The van der Waals surface area contributed by atoms with Gasteiger partial charge in [-0.3, -0.25) is 4.79 Å². The lowest BCUT2D eigenvalue weighted by Crippen LogP contribution is -2.13. The Bertz CT molecular complexity index is 353. The Balaban J connectivity index is 2.21. The second-order valence-electron chi connectivity index (χ2n) is 3.46. The van der Waals surface area contributed by atoms with Crippen LogP contribution in [0.15, 0.2) is 10.5 Å².